The molecule has 1 saturated heterocycles. The number of piperidine rings is 1. The molecule has 1 amide bonds. The molecule has 1 fully saturated rings. The van der Waals surface area contributed by atoms with Crippen molar-refractivity contribution in [3.8, 4) is 0 Å². The van der Waals surface area contributed by atoms with Gasteiger partial charge >= 0.3 is 6.09 Å². The molecule has 0 atom stereocenters. The molecule has 3 N–H and O–H groups in total. The van der Waals surface area contributed by atoms with E-state index in [4.69, 9.17) is 10.5 Å². The summed E-state index contributed by atoms with van der Waals surface area (Å²) < 4.78 is 5.32. The van der Waals surface area contributed by atoms with Crippen LogP contribution in [0.3, 0.4) is 0 Å². The number of benzene rings is 1. The zero-order chi connectivity index (χ0) is 17.6. The predicted octanol–water partition coefficient (Wildman–Crippen LogP) is 3.19. The van der Waals surface area contributed by atoms with Crippen LogP contribution in [0.25, 0.3) is 0 Å². The maximum Gasteiger partial charge on any atom is 0.407 e. The van der Waals surface area contributed by atoms with Gasteiger partial charge in [0.2, 0.25) is 0 Å². The summed E-state index contributed by atoms with van der Waals surface area (Å²) in [4.78, 5) is 14.3. The Morgan fingerprint density at radius 3 is 2.46 bits per heavy atom. The molecule has 5 heteroatoms. The topological polar surface area (TPSA) is 67.6 Å². The summed E-state index contributed by atoms with van der Waals surface area (Å²) in [5, 5.41) is 2.98. The number of hydrogen-bond donors (Lipinski definition) is 2. The van der Waals surface area contributed by atoms with E-state index in [1.807, 2.05) is 32.9 Å². The SMILES string of the molecule is CC(C)(C)OC(=O)NC1CCN(CCCc2ccc(N)cc2)CC1. The molecular weight excluding hydrogens is 302 g/mol. The summed E-state index contributed by atoms with van der Waals surface area (Å²) in [6.45, 7) is 8.82. The highest BCUT2D eigenvalue weighted by Crippen LogP contribution is 2.14. The summed E-state index contributed by atoms with van der Waals surface area (Å²) in [7, 11) is 0. The molecule has 1 aromatic carbocycles. The van der Waals surface area contributed by atoms with E-state index in [-0.39, 0.29) is 12.1 Å². The van der Waals surface area contributed by atoms with Gasteiger partial charge in [-0.15, -0.1) is 0 Å². The molecule has 0 spiro atoms. The molecule has 1 aliphatic heterocycles. The summed E-state index contributed by atoms with van der Waals surface area (Å²) in [6.07, 6.45) is 3.90. The third-order valence-corrected chi connectivity index (χ3v) is 4.23. The minimum absolute atomic E-state index is 0.230. The number of alkyl carbamates (subject to hydrolysis) is 1. The monoisotopic (exact) mass is 333 g/mol. The van der Waals surface area contributed by atoms with Crippen LogP contribution in [0.2, 0.25) is 0 Å². The number of hydrogen-bond acceptors (Lipinski definition) is 4. The number of nitrogens with two attached hydrogens (primary N) is 1. The molecular formula is C19H31N3O2. The van der Waals surface area contributed by atoms with Crippen LogP contribution in [-0.2, 0) is 11.2 Å². The Balaban J connectivity index is 1.62. The Kier molecular flexibility index (Phi) is 6.49. The smallest absolute Gasteiger partial charge is 0.407 e. The van der Waals surface area contributed by atoms with E-state index >= 15 is 0 Å². The Bertz CT molecular complexity index is 514. The number of rotatable bonds is 5. The highest BCUT2D eigenvalue weighted by Gasteiger charge is 2.23. The Labute approximate surface area is 145 Å². The molecule has 1 aliphatic rings. The first-order valence-electron chi connectivity index (χ1n) is 8.88. The maximum atomic E-state index is 11.8. The Morgan fingerprint density at radius 2 is 1.88 bits per heavy atom. The number of likely N-dealkylation sites (tertiary alicyclic amines) is 1. The summed E-state index contributed by atoms with van der Waals surface area (Å²) in [5.41, 5.74) is 7.43. The lowest BCUT2D eigenvalue weighted by atomic mass is 10.0. The number of nitrogen functional groups attached to an aromatic ring is 1. The number of aryl methyl sites for hydroxylation is 1. The van der Waals surface area contributed by atoms with Crippen molar-refractivity contribution in [2.45, 2.75) is 58.1 Å². The van der Waals surface area contributed by atoms with Gasteiger partial charge in [-0.1, -0.05) is 12.1 Å². The van der Waals surface area contributed by atoms with Gasteiger partial charge in [0.15, 0.2) is 0 Å². The first-order chi connectivity index (χ1) is 11.3. The van der Waals surface area contributed by atoms with E-state index in [0.717, 1.165) is 51.0 Å². The van der Waals surface area contributed by atoms with Gasteiger partial charge in [-0.2, -0.15) is 0 Å². The van der Waals surface area contributed by atoms with E-state index in [0.29, 0.717) is 0 Å². The first-order valence-corrected chi connectivity index (χ1v) is 8.88. The number of nitrogens with one attached hydrogen (secondary N) is 1. The number of nitrogens with zero attached hydrogens (tertiary/aromatic N) is 1. The minimum Gasteiger partial charge on any atom is -0.444 e. The fraction of sp³-hybridized carbons (Fsp3) is 0.632. The molecule has 0 bridgehead atoms. The number of carbonyl (C=O) groups excluding carboxylic acids is 1. The largest absolute Gasteiger partial charge is 0.444 e. The van der Waals surface area contributed by atoms with E-state index in [1.165, 1.54) is 5.56 Å². The van der Waals surface area contributed by atoms with Gasteiger partial charge < -0.3 is 20.7 Å². The van der Waals surface area contributed by atoms with Crippen LogP contribution < -0.4 is 11.1 Å². The Morgan fingerprint density at radius 1 is 1.25 bits per heavy atom. The molecule has 0 saturated carbocycles. The molecule has 0 aromatic heterocycles. The van der Waals surface area contributed by atoms with Crippen LogP contribution in [-0.4, -0.2) is 42.3 Å². The van der Waals surface area contributed by atoms with Crippen molar-refractivity contribution in [1.82, 2.24) is 10.2 Å². The molecule has 0 radical (unpaired) electrons. The molecule has 2 rings (SSSR count). The van der Waals surface area contributed by atoms with E-state index < -0.39 is 5.60 Å². The van der Waals surface area contributed by atoms with Gasteiger partial charge in [-0.05, 0) is 70.7 Å². The van der Waals surface area contributed by atoms with Crippen LogP contribution in [0.5, 0.6) is 0 Å². The Hall–Kier alpha value is -1.75. The van der Waals surface area contributed by atoms with Crippen LogP contribution in [0.1, 0.15) is 45.6 Å². The van der Waals surface area contributed by atoms with Gasteiger partial charge in [-0.25, -0.2) is 4.79 Å². The van der Waals surface area contributed by atoms with Gasteiger partial charge in [-0.3, -0.25) is 0 Å². The van der Waals surface area contributed by atoms with Crippen molar-refractivity contribution in [3.05, 3.63) is 29.8 Å². The molecule has 134 valence electrons. The fourth-order valence-corrected chi connectivity index (χ4v) is 2.97. The molecule has 1 heterocycles. The zero-order valence-corrected chi connectivity index (χ0v) is 15.2. The van der Waals surface area contributed by atoms with Gasteiger partial charge in [0, 0.05) is 24.8 Å². The molecule has 24 heavy (non-hydrogen) atoms. The molecule has 0 aliphatic carbocycles. The molecule has 1 aromatic rings. The lowest BCUT2D eigenvalue weighted by molar-refractivity contribution is 0.0479. The lowest BCUT2D eigenvalue weighted by Crippen LogP contribution is -2.46. The summed E-state index contributed by atoms with van der Waals surface area (Å²) in [5.74, 6) is 0. The van der Waals surface area contributed by atoms with Gasteiger partial charge in [0.1, 0.15) is 5.60 Å². The normalized spacial score (nSPS) is 16.8. The average Bonchev–Trinajstić information content (AvgIpc) is 2.49. The van der Waals surface area contributed by atoms with E-state index in [2.05, 4.69) is 22.3 Å². The van der Waals surface area contributed by atoms with Crippen molar-refractivity contribution in [3.63, 3.8) is 0 Å². The van der Waals surface area contributed by atoms with Crippen molar-refractivity contribution >= 4 is 11.8 Å². The third kappa shape index (κ3) is 6.79. The van der Waals surface area contributed by atoms with Crippen LogP contribution in [0.15, 0.2) is 24.3 Å². The first kappa shape index (κ1) is 18.6. The second-order valence-corrected chi connectivity index (χ2v) is 7.61. The lowest BCUT2D eigenvalue weighted by Gasteiger charge is -2.32. The number of carbonyl (C=O) groups is 1. The quantitative estimate of drug-likeness (QED) is 0.812. The van der Waals surface area contributed by atoms with Gasteiger partial charge in [0.25, 0.3) is 0 Å². The van der Waals surface area contributed by atoms with E-state index in [9.17, 15) is 4.79 Å². The summed E-state index contributed by atoms with van der Waals surface area (Å²) in [6, 6.07) is 8.36. The highest BCUT2D eigenvalue weighted by molar-refractivity contribution is 5.68. The summed E-state index contributed by atoms with van der Waals surface area (Å²) >= 11 is 0. The highest BCUT2D eigenvalue weighted by atomic mass is 16.6. The van der Waals surface area contributed by atoms with Crippen molar-refractivity contribution in [1.29, 1.82) is 0 Å². The van der Waals surface area contributed by atoms with Crippen molar-refractivity contribution in [2.24, 2.45) is 0 Å². The molecule has 0 unspecified atom stereocenters. The maximum absolute atomic E-state index is 11.8. The fourth-order valence-electron chi connectivity index (χ4n) is 2.97. The number of ether oxygens (including phenoxy) is 1. The van der Waals surface area contributed by atoms with Gasteiger partial charge in [0.05, 0.1) is 0 Å². The standard InChI is InChI=1S/C19H31N3O2/c1-19(2,3)24-18(23)21-17-10-13-22(14-11-17)12-4-5-15-6-8-16(20)9-7-15/h6-9,17H,4-5,10-14,20H2,1-3H3,(H,21,23). The average molecular weight is 333 g/mol. The molecule has 5 nitrogen and oxygen atoms in total. The predicted molar refractivity (Wildman–Crippen MR) is 98.0 cm³/mol. The van der Waals surface area contributed by atoms with E-state index in [1.54, 1.807) is 0 Å². The van der Waals surface area contributed by atoms with Crippen LogP contribution in [0, 0.1) is 0 Å². The second-order valence-electron chi connectivity index (χ2n) is 7.61. The van der Waals surface area contributed by atoms with Crippen LogP contribution >= 0.6 is 0 Å². The number of amides is 1. The third-order valence-electron chi connectivity index (χ3n) is 4.23. The zero-order valence-electron chi connectivity index (χ0n) is 15.2. The van der Waals surface area contributed by atoms with Crippen molar-refractivity contribution < 1.29 is 9.53 Å². The van der Waals surface area contributed by atoms with Crippen molar-refractivity contribution in [2.75, 3.05) is 25.4 Å². The van der Waals surface area contributed by atoms with Crippen LogP contribution in [0.4, 0.5) is 10.5 Å². The second kappa shape index (κ2) is 8.38. The number of anilines is 1. The minimum atomic E-state index is -0.438.